The number of rotatable bonds is 3. The number of nitrogens with one attached hydrogen (secondary N) is 1. The van der Waals surface area contributed by atoms with Gasteiger partial charge in [0.05, 0.1) is 15.7 Å². The summed E-state index contributed by atoms with van der Waals surface area (Å²) in [6.07, 6.45) is 1.78. The van der Waals surface area contributed by atoms with Gasteiger partial charge in [0, 0.05) is 18.3 Å². The monoisotopic (exact) mass is 266 g/mol. The minimum absolute atomic E-state index is 0.545. The second-order valence-electron chi connectivity index (χ2n) is 3.68. The molecule has 1 heterocycles. The van der Waals surface area contributed by atoms with Crippen molar-refractivity contribution < 1.29 is 0 Å². The van der Waals surface area contributed by atoms with Gasteiger partial charge in [-0.2, -0.15) is 0 Å². The van der Waals surface area contributed by atoms with Crippen LogP contribution in [0.4, 0.5) is 0 Å². The smallest absolute Gasteiger partial charge is 0.0720 e. The Morgan fingerprint density at radius 3 is 2.82 bits per heavy atom. The van der Waals surface area contributed by atoms with E-state index in [4.69, 9.17) is 23.2 Å². The first-order valence-corrected chi connectivity index (χ1v) is 6.02. The van der Waals surface area contributed by atoms with Gasteiger partial charge in [-0.15, -0.1) is 0 Å². The van der Waals surface area contributed by atoms with E-state index < -0.39 is 0 Å². The highest BCUT2D eigenvalue weighted by molar-refractivity contribution is 6.43. The number of pyridine rings is 1. The molecule has 0 fully saturated rings. The van der Waals surface area contributed by atoms with Gasteiger partial charge in [-0.3, -0.25) is 4.98 Å². The number of halogens is 2. The predicted octanol–water partition coefficient (Wildman–Crippen LogP) is 3.77. The highest BCUT2D eigenvalue weighted by Gasteiger charge is 2.08. The lowest BCUT2D eigenvalue weighted by Gasteiger charge is -2.07. The van der Waals surface area contributed by atoms with E-state index in [0.29, 0.717) is 10.0 Å². The summed E-state index contributed by atoms with van der Waals surface area (Å²) in [6, 6.07) is 9.53. The largest absolute Gasteiger partial charge is 0.316 e. The number of hydrogen-bond acceptors (Lipinski definition) is 2. The lowest BCUT2D eigenvalue weighted by Crippen LogP contribution is -2.05. The molecule has 1 aromatic carbocycles. The summed E-state index contributed by atoms with van der Waals surface area (Å²) in [7, 11) is 1.91. The highest BCUT2D eigenvalue weighted by Crippen LogP contribution is 2.32. The van der Waals surface area contributed by atoms with Crippen molar-refractivity contribution in [2.45, 2.75) is 6.54 Å². The third-order valence-electron chi connectivity index (χ3n) is 2.43. The van der Waals surface area contributed by atoms with E-state index in [2.05, 4.69) is 10.3 Å². The summed E-state index contributed by atoms with van der Waals surface area (Å²) in [6.45, 7) is 0.799. The molecular weight excluding hydrogens is 255 g/mol. The Bertz CT molecular complexity index is 527. The van der Waals surface area contributed by atoms with Crippen LogP contribution in [-0.4, -0.2) is 12.0 Å². The second kappa shape index (κ2) is 5.50. The maximum atomic E-state index is 6.17. The molecule has 0 atom stereocenters. The minimum atomic E-state index is 0.545. The van der Waals surface area contributed by atoms with Gasteiger partial charge in [0.1, 0.15) is 0 Å². The van der Waals surface area contributed by atoms with Gasteiger partial charge in [0.15, 0.2) is 0 Å². The van der Waals surface area contributed by atoms with Gasteiger partial charge >= 0.3 is 0 Å². The fraction of sp³-hybridized carbons (Fsp3) is 0.154. The van der Waals surface area contributed by atoms with Crippen LogP contribution in [-0.2, 0) is 6.54 Å². The van der Waals surface area contributed by atoms with Crippen molar-refractivity contribution in [2.24, 2.45) is 0 Å². The molecule has 2 rings (SSSR count). The molecule has 0 unspecified atom stereocenters. The van der Waals surface area contributed by atoms with Crippen molar-refractivity contribution in [3.63, 3.8) is 0 Å². The van der Waals surface area contributed by atoms with Crippen molar-refractivity contribution >= 4 is 23.2 Å². The van der Waals surface area contributed by atoms with Crippen LogP contribution < -0.4 is 5.32 Å². The van der Waals surface area contributed by atoms with Crippen molar-refractivity contribution in [3.05, 3.63) is 52.1 Å². The molecule has 88 valence electrons. The molecule has 0 aliphatic carbocycles. The molecule has 4 heteroatoms. The van der Waals surface area contributed by atoms with Gasteiger partial charge in [-0.1, -0.05) is 35.3 Å². The lowest BCUT2D eigenvalue weighted by atomic mass is 10.1. The molecule has 1 aromatic heterocycles. The molecule has 0 amide bonds. The third kappa shape index (κ3) is 2.78. The summed E-state index contributed by atoms with van der Waals surface area (Å²) in [5.74, 6) is 0. The van der Waals surface area contributed by atoms with E-state index in [-0.39, 0.29) is 0 Å². The summed E-state index contributed by atoms with van der Waals surface area (Å²) in [5, 5.41) is 4.19. The van der Waals surface area contributed by atoms with Crippen molar-refractivity contribution in [2.75, 3.05) is 7.05 Å². The third-order valence-corrected chi connectivity index (χ3v) is 3.25. The zero-order valence-corrected chi connectivity index (χ0v) is 10.9. The molecule has 0 saturated carbocycles. The second-order valence-corrected chi connectivity index (χ2v) is 4.47. The van der Waals surface area contributed by atoms with E-state index in [1.165, 1.54) is 0 Å². The Morgan fingerprint density at radius 2 is 2.06 bits per heavy atom. The van der Waals surface area contributed by atoms with Crippen LogP contribution in [0, 0.1) is 0 Å². The van der Waals surface area contributed by atoms with Crippen LogP contribution in [0.5, 0.6) is 0 Å². The zero-order valence-electron chi connectivity index (χ0n) is 9.37. The van der Waals surface area contributed by atoms with Crippen molar-refractivity contribution in [1.29, 1.82) is 0 Å². The fourth-order valence-corrected chi connectivity index (χ4v) is 2.03. The standard InChI is InChI=1S/C13H12Cl2N2/c1-16-8-9-5-6-17-12(7-9)10-3-2-4-11(14)13(10)15/h2-7,16H,8H2,1H3. The zero-order chi connectivity index (χ0) is 12.3. The molecule has 2 aromatic rings. The molecule has 0 aliphatic heterocycles. The molecule has 1 N–H and O–H groups in total. The van der Waals surface area contributed by atoms with Crippen molar-refractivity contribution in [3.8, 4) is 11.3 Å². The molecule has 0 bridgehead atoms. The summed E-state index contributed by atoms with van der Waals surface area (Å²) < 4.78 is 0. The number of hydrogen-bond donors (Lipinski definition) is 1. The van der Waals surface area contributed by atoms with Crippen LogP contribution in [0.3, 0.4) is 0 Å². The first kappa shape index (κ1) is 12.4. The van der Waals surface area contributed by atoms with E-state index in [1.807, 2.05) is 31.3 Å². The normalized spacial score (nSPS) is 10.5. The van der Waals surface area contributed by atoms with E-state index in [0.717, 1.165) is 23.4 Å². The topological polar surface area (TPSA) is 24.9 Å². The molecule has 0 radical (unpaired) electrons. The number of benzene rings is 1. The Morgan fingerprint density at radius 1 is 1.24 bits per heavy atom. The molecule has 17 heavy (non-hydrogen) atoms. The van der Waals surface area contributed by atoms with Gasteiger partial charge < -0.3 is 5.32 Å². The number of nitrogens with zero attached hydrogens (tertiary/aromatic N) is 1. The molecule has 0 spiro atoms. The molecule has 0 aliphatic rings. The van der Waals surface area contributed by atoms with Gasteiger partial charge in [0.2, 0.25) is 0 Å². The van der Waals surface area contributed by atoms with Crippen LogP contribution in [0.25, 0.3) is 11.3 Å². The van der Waals surface area contributed by atoms with Crippen LogP contribution in [0.15, 0.2) is 36.5 Å². The molecular formula is C13H12Cl2N2. The number of aromatic nitrogens is 1. The summed E-state index contributed by atoms with van der Waals surface area (Å²) >= 11 is 12.2. The first-order valence-electron chi connectivity index (χ1n) is 5.26. The van der Waals surface area contributed by atoms with Crippen LogP contribution in [0.1, 0.15) is 5.56 Å². The fourth-order valence-electron chi connectivity index (χ4n) is 1.64. The Labute approximate surface area is 111 Å². The van der Waals surface area contributed by atoms with E-state index >= 15 is 0 Å². The average Bonchev–Trinajstić information content (AvgIpc) is 2.33. The molecule has 0 saturated heterocycles. The Hall–Kier alpha value is -1.09. The van der Waals surface area contributed by atoms with E-state index in [1.54, 1.807) is 12.3 Å². The maximum absolute atomic E-state index is 6.17. The Balaban J connectivity index is 2.45. The summed E-state index contributed by atoms with van der Waals surface area (Å²) in [4.78, 5) is 4.32. The van der Waals surface area contributed by atoms with Gasteiger partial charge in [0.25, 0.3) is 0 Å². The van der Waals surface area contributed by atoms with Crippen LogP contribution >= 0.6 is 23.2 Å². The molecule has 2 nitrogen and oxygen atoms in total. The highest BCUT2D eigenvalue weighted by atomic mass is 35.5. The quantitative estimate of drug-likeness (QED) is 0.915. The Kier molecular flexibility index (Phi) is 4.00. The maximum Gasteiger partial charge on any atom is 0.0720 e. The van der Waals surface area contributed by atoms with Crippen LogP contribution in [0.2, 0.25) is 10.0 Å². The van der Waals surface area contributed by atoms with Crippen molar-refractivity contribution in [1.82, 2.24) is 10.3 Å². The first-order chi connectivity index (χ1) is 8.22. The van der Waals surface area contributed by atoms with E-state index in [9.17, 15) is 0 Å². The minimum Gasteiger partial charge on any atom is -0.316 e. The van der Waals surface area contributed by atoms with Gasteiger partial charge in [-0.05, 0) is 30.8 Å². The average molecular weight is 267 g/mol. The predicted molar refractivity (Wildman–Crippen MR) is 72.5 cm³/mol. The van der Waals surface area contributed by atoms with Gasteiger partial charge in [-0.25, -0.2) is 0 Å². The summed E-state index contributed by atoms with van der Waals surface area (Å²) in [5.41, 5.74) is 2.86. The lowest BCUT2D eigenvalue weighted by molar-refractivity contribution is 0.816. The SMILES string of the molecule is CNCc1ccnc(-c2cccc(Cl)c2Cl)c1.